The Kier molecular flexibility index (Phi) is 4.51. The largest absolute Gasteiger partial charge is 0.454 e. The van der Waals surface area contributed by atoms with Crippen LogP contribution in [0.3, 0.4) is 0 Å². The van der Waals surface area contributed by atoms with Gasteiger partial charge in [-0.25, -0.2) is 9.50 Å². The fraction of sp³-hybridized carbons (Fsp3) is 0.208. The Morgan fingerprint density at radius 3 is 2.68 bits per heavy atom. The molecule has 2 aliphatic heterocycles. The predicted octanol–water partition coefficient (Wildman–Crippen LogP) is 4.74. The number of aromatic nitrogens is 3. The number of alkyl halides is 3. The van der Waals surface area contributed by atoms with Crippen LogP contribution >= 0.6 is 0 Å². The molecule has 0 radical (unpaired) electrons. The first kappa shape index (κ1) is 20.5. The maximum Gasteiger partial charge on any atom is 0.433 e. The van der Waals surface area contributed by atoms with E-state index >= 15 is 0 Å². The molecule has 34 heavy (non-hydrogen) atoms. The number of para-hydroxylation sites is 1. The molecule has 1 amide bonds. The summed E-state index contributed by atoms with van der Waals surface area (Å²) in [6.07, 6.45) is -3.11. The minimum Gasteiger partial charge on any atom is -0.454 e. The Morgan fingerprint density at radius 2 is 1.82 bits per heavy atom. The smallest absolute Gasteiger partial charge is 0.433 e. The summed E-state index contributed by atoms with van der Waals surface area (Å²) in [6.45, 7) is 0.512. The molecule has 0 spiro atoms. The molecule has 172 valence electrons. The van der Waals surface area contributed by atoms with Gasteiger partial charge in [-0.15, -0.1) is 0 Å². The average molecular weight is 466 g/mol. The maximum atomic E-state index is 14.0. The number of anilines is 1. The number of halogens is 3. The van der Waals surface area contributed by atoms with Gasteiger partial charge in [-0.1, -0.05) is 18.2 Å². The van der Waals surface area contributed by atoms with Crippen LogP contribution in [0.4, 0.5) is 18.9 Å². The normalized spacial score (nSPS) is 15.0. The minimum atomic E-state index is -4.71. The highest BCUT2D eigenvalue weighted by Gasteiger charge is 2.36. The van der Waals surface area contributed by atoms with E-state index in [2.05, 4.69) is 10.1 Å². The van der Waals surface area contributed by atoms with E-state index in [0.717, 1.165) is 30.2 Å². The van der Waals surface area contributed by atoms with Gasteiger partial charge in [-0.2, -0.15) is 18.3 Å². The first-order chi connectivity index (χ1) is 16.4. The molecule has 0 bridgehead atoms. The van der Waals surface area contributed by atoms with Crippen LogP contribution in [0.1, 0.15) is 28.2 Å². The number of benzene rings is 2. The van der Waals surface area contributed by atoms with Gasteiger partial charge in [0, 0.05) is 23.9 Å². The summed E-state index contributed by atoms with van der Waals surface area (Å²) in [5.74, 6) is 0.483. The van der Waals surface area contributed by atoms with Gasteiger partial charge in [0.15, 0.2) is 28.5 Å². The monoisotopic (exact) mass is 466 g/mol. The van der Waals surface area contributed by atoms with E-state index in [9.17, 15) is 18.0 Å². The molecule has 10 heteroatoms. The molecule has 6 rings (SSSR count). The second kappa shape index (κ2) is 7.47. The number of ether oxygens (including phenoxy) is 2. The minimum absolute atomic E-state index is 0.0484. The van der Waals surface area contributed by atoms with Crippen molar-refractivity contribution in [2.75, 3.05) is 18.2 Å². The van der Waals surface area contributed by atoms with Crippen molar-refractivity contribution in [2.45, 2.75) is 19.0 Å². The predicted molar refractivity (Wildman–Crippen MR) is 116 cm³/mol. The zero-order chi connectivity index (χ0) is 23.4. The Balaban J connectivity index is 1.45. The van der Waals surface area contributed by atoms with Crippen molar-refractivity contribution in [3.05, 3.63) is 71.5 Å². The van der Waals surface area contributed by atoms with E-state index in [1.165, 1.54) is 6.07 Å². The quantitative estimate of drug-likeness (QED) is 0.427. The fourth-order valence-electron chi connectivity index (χ4n) is 4.37. The van der Waals surface area contributed by atoms with Crippen LogP contribution in [0.25, 0.3) is 16.9 Å². The lowest BCUT2D eigenvalue weighted by Crippen LogP contribution is -2.35. The van der Waals surface area contributed by atoms with E-state index in [1.807, 2.05) is 24.3 Å². The Bertz CT molecular complexity index is 1450. The number of carbonyl (C=O) groups excluding carboxylic acids is 1. The topological polar surface area (TPSA) is 69.0 Å². The van der Waals surface area contributed by atoms with Gasteiger partial charge in [0.2, 0.25) is 6.79 Å². The number of fused-ring (bicyclic) bond motifs is 3. The van der Waals surface area contributed by atoms with Crippen molar-refractivity contribution in [3.8, 4) is 22.8 Å². The third-order valence-electron chi connectivity index (χ3n) is 5.96. The molecule has 2 aromatic heterocycles. The SMILES string of the molecule is O=C(c1cc2nc(-c3ccc4c(c3)OCO4)cc(C(F)(F)F)n2n1)N1CCCc2ccccc21. The molecule has 4 aromatic rings. The number of rotatable bonds is 2. The highest BCUT2D eigenvalue weighted by atomic mass is 19.4. The van der Waals surface area contributed by atoms with Crippen LogP contribution in [0.2, 0.25) is 0 Å². The first-order valence-electron chi connectivity index (χ1n) is 10.7. The molecular weight excluding hydrogens is 449 g/mol. The van der Waals surface area contributed by atoms with Crippen molar-refractivity contribution in [1.82, 2.24) is 14.6 Å². The van der Waals surface area contributed by atoms with E-state index in [-0.39, 0.29) is 23.8 Å². The fourth-order valence-corrected chi connectivity index (χ4v) is 4.37. The molecule has 0 saturated carbocycles. The number of hydrogen-bond acceptors (Lipinski definition) is 5. The van der Waals surface area contributed by atoms with Gasteiger partial charge in [0.25, 0.3) is 5.91 Å². The molecule has 4 heterocycles. The van der Waals surface area contributed by atoms with Gasteiger partial charge in [-0.05, 0) is 48.7 Å². The average Bonchev–Trinajstić information content (AvgIpc) is 3.48. The Morgan fingerprint density at radius 1 is 1.00 bits per heavy atom. The van der Waals surface area contributed by atoms with Crippen molar-refractivity contribution in [3.63, 3.8) is 0 Å². The van der Waals surface area contributed by atoms with Crippen molar-refractivity contribution in [1.29, 1.82) is 0 Å². The highest BCUT2D eigenvalue weighted by Crippen LogP contribution is 2.38. The Hall–Kier alpha value is -4.08. The standard InChI is InChI=1S/C24H17F3N4O3/c25-24(26,27)21-11-16(15-7-8-19-20(10-15)34-13-33-19)28-22-12-17(29-31(21)22)23(32)30-9-3-5-14-4-1-2-6-18(14)30/h1-2,4,6-8,10-12H,3,5,9,13H2. The molecular formula is C24H17F3N4O3. The lowest BCUT2D eigenvalue weighted by molar-refractivity contribution is -0.142. The van der Waals surface area contributed by atoms with Gasteiger partial charge >= 0.3 is 6.18 Å². The molecule has 0 aliphatic carbocycles. The van der Waals surface area contributed by atoms with E-state index in [4.69, 9.17) is 9.47 Å². The maximum absolute atomic E-state index is 14.0. The molecule has 0 N–H and O–H groups in total. The van der Waals surface area contributed by atoms with Crippen LogP contribution in [0.15, 0.2) is 54.6 Å². The lowest BCUT2D eigenvalue weighted by Gasteiger charge is -2.28. The molecule has 0 saturated heterocycles. The second-order valence-corrected chi connectivity index (χ2v) is 8.08. The molecule has 7 nitrogen and oxygen atoms in total. The number of aryl methyl sites for hydroxylation is 1. The third-order valence-corrected chi connectivity index (χ3v) is 5.96. The zero-order valence-corrected chi connectivity index (χ0v) is 17.7. The number of amides is 1. The van der Waals surface area contributed by atoms with Crippen molar-refractivity contribution in [2.24, 2.45) is 0 Å². The van der Waals surface area contributed by atoms with Crippen LogP contribution in [-0.2, 0) is 12.6 Å². The van der Waals surface area contributed by atoms with Crippen LogP contribution in [-0.4, -0.2) is 33.8 Å². The van der Waals surface area contributed by atoms with E-state index in [1.54, 1.807) is 23.1 Å². The molecule has 2 aromatic carbocycles. The van der Waals surface area contributed by atoms with E-state index < -0.39 is 17.8 Å². The lowest BCUT2D eigenvalue weighted by atomic mass is 10.0. The summed E-state index contributed by atoms with van der Waals surface area (Å²) >= 11 is 0. The third kappa shape index (κ3) is 3.33. The van der Waals surface area contributed by atoms with Crippen molar-refractivity contribution >= 4 is 17.2 Å². The van der Waals surface area contributed by atoms with Crippen LogP contribution in [0, 0.1) is 0 Å². The van der Waals surface area contributed by atoms with Gasteiger partial charge < -0.3 is 14.4 Å². The summed E-state index contributed by atoms with van der Waals surface area (Å²) in [5, 5.41) is 4.02. The summed E-state index contributed by atoms with van der Waals surface area (Å²) in [6, 6.07) is 14.5. The number of carbonyl (C=O) groups is 1. The summed E-state index contributed by atoms with van der Waals surface area (Å²) in [5.41, 5.74) is 1.08. The molecule has 0 unspecified atom stereocenters. The van der Waals surface area contributed by atoms with Crippen LogP contribution < -0.4 is 14.4 Å². The second-order valence-electron chi connectivity index (χ2n) is 8.08. The van der Waals surface area contributed by atoms with Gasteiger partial charge in [0.05, 0.1) is 5.69 Å². The first-order valence-corrected chi connectivity index (χ1v) is 10.7. The summed E-state index contributed by atoms with van der Waals surface area (Å²) in [7, 11) is 0. The van der Waals surface area contributed by atoms with Gasteiger partial charge in [-0.3, -0.25) is 4.79 Å². The highest BCUT2D eigenvalue weighted by molar-refractivity contribution is 6.06. The molecule has 0 fully saturated rings. The zero-order valence-electron chi connectivity index (χ0n) is 17.7. The molecule has 2 aliphatic rings. The van der Waals surface area contributed by atoms with E-state index in [0.29, 0.717) is 28.1 Å². The summed E-state index contributed by atoms with van der Waals surface area (Å²) < 4.78 is 53.2. The molecule has 0 atom stereocenters. The summed E-state index contributed by atoms with van der Waals surface area (Å²) in [4.78, 5) is 19.2. The van der Waals surface area contributed by atoms with Crippen molar-refractivity contribution < 1.29 is 27.4 Å². The Labute approximate surface area is 191 Å². The number of hydrogen-bond donors (Lipinski definition) is 0. The number of nitrogens with zero attached hydrogens (tertiary/aromatic N) is 4. The van der Waals surface area contributed by atoms with Crippen LogP contribution in [0.5, 0.6) is 11.5 Å². The van der Waals surface area contributed by atoms with Gasteiger partial charge in [0.1, 0.15) is 0 Å².